The molecular weight excluding hydrogens is 342 g/mol. The van der Waals surface area contributed by atoms with Crippen LogP contribution in [0, 0.1) is 5.82 Å². The Morgan fingerprint density at radius 2 is 1.89 bits per heavy atom. The predicted octanol–water partition coefficient (Wildman–Crippen LogP) is 5.13. The molecule has 5 heteroatoms. The number of hydrogen-bond acceptors (Lipinski definition) is 1. The van der Waals surface area contributed by atoms with Crippen molar-refractivity contribution in [2.75, 3.05) is 0 Å². The second-order valence-electron chi connectivity index (χ2n) is 3.55. The Hall–Kier alpha value is -0.900. The molecular formula is C13H6BrCl2FO. The van der Waals surface area contributed by atoms with Gasteiger partial charge < -0.3 is 0 Å². The molecule has 0 radical (unpaired) electrons. The number of carbonyl (C=O) groups is 1. The molecule has 1 nitrogen and oxygen atoms in total. The quantitative estimate of drug-likeness (QED) is 0.688. The van der Waals surface area contributed by atoms with Crippen LogP contribution >= 0.6 is 39.1 Å². The molecule has 0 atom stereocenters. The van der Waals surface area contributed by atoms with Crippen LogP contribution in [0.3, 0.4) is 0 Å². The van der Waals surface area contributed by atoms with Gasteiger partial charge in [0.15, 0.2) is 5.78 Å². The van der Waals surface area contributed by atoms with Crippen molar-refractivity contribution >= 4 is 44.9 Å². The molecule has 0 aromatic heterocycles. The lowest BCUT2D eigenvalue weighted by atomic mass is 10.0. The molecule has 0 amide bonds. The first-order valence-electron chi connectivity index (χ1n) is 4.94. The van der Waals surface area contributed by atoms with Crippen LogP contribution in [0.2, 0.25) is 10.0 Å². The zero-order chi connectivity index (χ0) is 13.3. The Labute approximate surface area is 122 Å². The summed E-state index contributed by atoms with van der Waals surface area (Å²) in [5.41, 5.74) is 0.175. The van der Waals surface area contributed by atoms with E-state index in [9.17, 15) is 9.18 Å². The topological polar surface area (TPSA) is 17.1 Å². The number of benzene rings is 2. The van der Waals surface area contributed by atoms with Gasteiger partial charge in [0.1, 0.15) is 5.82 Å². The number of rotatable bonds is 2. The minimum absolute atomic E-state index is 0.0850. The second kappa shape index (κ2) is 5.39. The molecule has 0 bridgehead atoms. The highest BCUT2D eigenvalue weighted by Crippen LogP contribution is 2.27. The van der Waals surface area contributed by atoms with Crippen molar-refractivity contribution in [2.45, 2.75) is 0 Å². The summed E-state index contributed by atoms with van der Waals surface area (Å²) in [4.78, 5) is 12.2. The van der Waals surface area contributed by atoms with Gasteiger partial charge in [0.05, 0.1) is 10.6 Å². The van der Waals surface area contributed by atoms with Crippen LogP contribution in [0.1, 0.15) is 15.9 Å². The van der Waals surface area contributed by atoms with Crippen molar-refractivity contribution in [3.05, 3.63) is 67.9 Å². The maximum atomic E-state index is 13.7. The molecule has 0 fully saturated rings. The molecule has 0 aliphatic heterocycles. The largest absolute Gasteiger partial charge is 0.288 e. The predicted molar refractivity (Wildman–Crippen MR) is 74.0 cm³/mol. The summed E-state index contributed by atoms with van der Waals surface area (Å²) in [5, 5.41) is 0.569. The zero-order valence-corrected chi connectivity index (χ0v) is 12.0. The third kappa shape index (κ3) is 2.58. The van der Waals surface area contributed by atoms with E-state index < -0.39 is 11.6 Å². The fraction of sp³-hybridized carbons (Fsp3) is 0. The number of hydrogen-bond donors (Lipinski definition) is 0. The molecule has 2 aromatic carbocycles. The van der Waals surface area contributed by atoms with Crippen LogP contribution in [0.4, 0.5) is 4.39 Å². The van der Waals surface area contributed by atoms with Crippen molar-refractivity contribution in [2.24, 2.45) is 0 Å². The number of halogens is 4. The Morgan fingerprint density at radius 3 is 2.50 bits per heavy atom. The minimum atomic E-state index is -0.644. The fourth-order valence-corrected chi connectivity index (χ4v) is 2.63. The van der Waals surface area contributed by atoms with Gasteiger partial charge in [-0.2, -0.15) is 0 Å². The summed E-state index contributed by atoms with van der Waals surface area (Å²) in [6, 6.07) is 8.78. The van der Waals surface area contributed by atoms with E-state index in [-0.39, 0.29) is 10.6 Å². The molecule has 0 saturated heterocycles. The monoisotopic (exact) mass is 346 g/mol. The van der Waals surface area contributed by atoms with Crippen LogP contribution in [0.15, 0.2) is 40.9 Å². The van der Waals surface area contributed by atoms with E-state index in [1.807, 2.05) is 0 Å². The van der Waals surface area contributed by atoms with E-state index in [1.54, 1.807) is 12.1 Å². The average Bonchev–Trinajstić information content (AvgIpc) is 2.28. The van der Waals surface area contributed by atoms with E-state index in [2.05, 4.69) is 15.9 Å². The highest BCUT2D eigenvalue weighted by atomic mass is 79.9. The minimum Gasteiger partial charge on any atom is -0.288 e. The van der Waals surface area contributed by atoms with Crippen LogP contribution in [-0.2, 0) is 0 Å². The van der Waals surface area contributed by atoms with Gasteiger partial charge in [-0.3, -0.25) is 4.79 Å². The van der Waals surface area contributed by atoms with Gasteiger partial charge in [-0.05, 0) is 46.3 Å². The highest BCUT2D eigenvalue weighted by molar-refractivity contribution is 9.10. The second-order valence-corrected chi connectivity index (χ2v) is 5.25. The third-order valence-corrected chi connectivity index (χ3v) is 3.57. The van der Waals surface area contributed by atoms with E-state index in [0.29, 0.717) is 15.1 Å². The summed E-state index contributed by atoms with van der Waals surface area (Å²) in [5.74, 6) is -1.13. The van der Waals surface area contributed by atoms with Crippen molar-refractivity contribution < 1.29 is 9.18 Å². The standard InChI is InChI=1S/C13H6BrCl2FO/c14-9-6-7(15)4-5-8(9)13(18)12-10(16)2-1-3-11(12)17/h1-6H. The maximum absolute atomic E-state index is 13.7. The fourth-order valence-electron chi connectivity index (χ4n) is 1.52. The summed E-state index contributed by atoms with van der Waals surface area (Å²) in [7, 11) is 0. The Bertz CT molecular complexity index is 608. The average molecular weight is 348 g/mol. The summed E-state index contributed by atoms with van der Waals surface area (Å²) < 4.78 is 14.2. The molecule has 18 heavy (non-hydrogen) atoms. The lowest BCUT2D eigenvalue weighted by Gasteiger charge is -2.07. The van der Waals surface area contributed by atoms with Gasteiger partial charge >= 0.3 is 0 Å². The Kier molecular flexibility index (Phi) is 4.05. The number of carbonyl (C=O) groups excluding carboxylic acids is 1. The third-order valence-electron chi connectivity index (χ3n) is 2.37. The molecule has 0 saturated carbocycles. The van der Waals surface area contributed by atoms with Gasteiger partial charge in [-0.1, -0.05) is 29.3 Å². The summed E-state index contributed by atoms with van der Waals surface area (Å²) in [6.45, 7) is 0. The van der Waals surface area contributed by atoms with E-state index in [1.165, 1.54) is 24.3 Å². The molecule has 0 unspecified atom stereocenters. The first-order valence-corrected chi connectivity index (χ1v) is 6.49. The van der Waals surface area contributed by atoms with E-state index >= 15 is 0 Å². The molecule has 2 aromatic rings. The van der Waals surface area contributed by atoms with Crippen molar-refractivity contribution in [1.82, 2.24) is 0 Å². The van der Waals surface area contributed by atoms with Gasteiger partial charge in [-0.25, -0.2) is 4.39 Å². The molecule has 0 aliphatic carbocycles. The molecule has 0 spiro atoms. The SMILES string of the molecule is O=C(c1ccc(Cl)cc1Br)c1c(F)cccc1Cl. The van der Waals surface area contributed by atoms with Gasteiger partial charge in [0.2, 0.25) is 0 Å². The molecule has 92 valence electrons. The normalized spacial score (nSPS) is 10.4. The Balaban J connectivity index is 2.55. The van der Waals surface area contributed by atoms with Gasteiger partial charge in [0.25, 0.3) is 0 Å². The maximum Gasteiger partial charge on any atom is 0.198 e. The summed E-state index contributed by atoms with van der Waals surface area (Å²) >= 11 is 14.9. The smallest absolute Gasteiger partial charge is 0.198 e. The molecule has 0 N–H and O–H groups in total. The lowest BCUT2D eigenvalue weighted by Crippen LogP contribution is -2.06. The van der Waals surface area contributed by atoms with Crippen molar-refractivity contribution in [3.8, 4) is 0 Å². The van der Waals surface area contributed by atoms with E-state index in [4.69, 9.17) is 23.2 Å². The van der Waals surface area contributed by atoms with Crippen molar-refractivity contribution in [3.63, 3.8) is 0 Å². The van der Waals surface area contributed by atoms with Gasteiger partial charge in [-0.15, -0.1) is 0 Å². The molecule has 0 heterocycles. The molecule has 2 rings (SSSR count). The van der Waals surface area contributed by atoms with Gasteiger partial charge in [0, 0.05) is 15.1 Å². The highest BCUT2D eigenvalue weighted by Gasteiger charge is 2.19. The Morgan fingerprint density at radius 1 is 1.17 bits per heavy atom. The van der Waals surface area contributed by atoms with Crippen LogP contribution in [0.25, 0.3) is 0 Å². The zero-order valence-electron chi connectivity index (χ0n) is 8.88. The van der Waals surface area contributed by atoms with Crippen LogP contribution < -0.4 is 0 Å². The number of ketones is 1. The van der Waals surface area contributed by atoms with Crippen molar-refractivity contribution in [1.29, 1.82) is 0 Å². The van der Waals surface area contributed by atoms with E-state index in [0.717, 1.165) is 0 Å². The van der Waals surface area contributed by atoms with Crippen LogP contribution in [-0.4, -0.2) is 5.78 Å². The first-order chi connectivity index (χ1) is 8.50. The first kappa shape index (κ1) is 13.5. The van der Waals surface area contributed by atoms with Crippen LogP contribution in [0.5, 0.6) is 0 Å². The molecule has 0 aliphatic rings. The lowest BCUT2D eigenvalue weighted by molar-refractivity contribution is 0.103. The summed E-state index contributed by atoms with van der Waals surface area (Å²) in [6.07, 6.45) is 0.